The summed E-state index contributed by atoms with van der Waals surface area (Å²) in [7, 11) is 0. The number of benzene rings is 1. The van der Waals surface area contributed by atoms with Gasteiger partial charge in [0.25, 0.3) is 0 Å². The lowest BCUT2D eigenvalue weighted by Crippen LogP contribution is -2.14. The molecular formula is C15H20N4OS. The van der Waals surface area contributed by atoms with Crippen molar-refractivity contribution in [3.8, 4) is 0 Å². The Hall–Kier alpha value is -1.82. The van der Waals surface area contributed by atoms with Gasteiger partial charge in [0.2, 0.25) is 5.91 Å². The molecule has 0 aliphatic heterocycles. The van der Waals surface area contributed by atoms with E-state index in [9.17, 15) is 4.79 Å². The number of aryl methyl sites for hydroxylation is 2. The third-order valence-electron chi connectivity index (χ3n) is 3.02. The van der Waals surface area contributed by atoms with Crippen molar-refractivity contribution in [3.05, 3.63) is 35.7 Å². The molecule has 1 aromatic carbocycles. The molecule has 0 atom stereocenters. The summed E-state index contributed by atoms with van der Waals surface area (Å²) in [4.78, 5) is 12.0. The van der Waals surface area contributed by atoms with E-state index in [1.807, 2.05) is 42.7 Å². The Kier molecular flexibility index (Phi) is 5.38. The van der Waals surface area contributed by atoms with E-state index >= 15 is 0 Å². The van der Waals surface area contributed by atoms with Gasteiger partial charge >= 0.3 is 0 Å². The standard InChI is InChI=1S/C15H20N4OS/c1-4-9-19-12(3)17-18-15(19)21-10-14(20)16-13-7-5-11(2)6-8-13/h5-8H,4,9-10H2,1-3H3,(H,16,20). The zero-order valence-corrected chi connectivity index (χ0v) is 13.4. The average molecular weight is 304 g/mol. The van der Waals surface area contributed by atoms with Gasteiger partial charge in [-0.25, -0.2) is 0 Å². The van der Waals surface area contributed by atoms with E-state index in [-0.39, 0.29) is 5.91 Å². The van der Waals surface area contributed by atoms with Gasteiger partial charge in [-0.1, -0.05) is 36.4 Å². The predicted octanol–water partition coefficient (Wildman–Crippen LogP) is 3.04. The van der Waals surface area contributed by atoms with Gasteiger partial charge in [-0.3, -0.25) is 4.79 Å². The molecule has 21 heavy (non-hydrogen) atoms. The van der Waals surface area contributed by atoms with E-state index in [1.54, 1.807) is 0 Å². The van der Waals surface area contributed by atoms with E-state index in [0.29, 0.717) is 5.75 Å². The fourth-order valence-electron chi connectivity index (χ4n) is 1.91. The molecule has 0 fully saturated rings. The highest BCUT2D eigenvalue weighted by Crippen LogP contribution is 2.18. The van der Waals surface area contributed by atoms with Gasteiger partial charge in [0, 0.05) is 12.2 Å². The molecule has 0 spiro atoms. The third-order valence-corrected chi connectivity index (χ3v) is 3.98. The predicted molar refractivity (Wildman–Crippen MR) is 85.6 cm³/mol. The second kappa shape index (κ2) is 7.26. The van der Waals surface area contributed by atoms with Crippen molar-refractivity contribution in [3.63, 3.8) is 0 Å². The lowest BCUT2D eigenvalue weighted by molar-refractivity contribution is -0.113. The second-order valence-corrected chi connectivity index (χ2v) is 5.83. The van der Waals surface area contributed by atoms with Gasteiger partial charge in [0.05, 0.1) is 5.75 Å². The van der Waals surface area contributed by atoms with Gasteiger partial charge in [-0.15, -0.1) is 10.2 Å². The van der Waals surface area contributed by atoms with Crippen LogP contribution in [0.1, 0.15) is 24.7 Å². The van der Waals surface area contributed by atoms with Crippen LogP contribution in [0, 0.1) is 13.8 Å². The van der Waals surface area contributed by atoms with Crippen LogP contribution in [0.3, 0.4) is 0 Å². The largest absolute Gasteiger partial charge is 0.325 e. The van der Waals surface area contributed by atoms with Gasteiger partial charge in [0.15, 0.2) is 5.16 Å². The first-order valence-corrected chi connectivity index (χ1v) is 7.98. The zero-order chi connectivity index (χ0) is 15.2. The van der Waals surface area contributed by atoms with Crippen LogP contribution < -0.4 is 5.32 Å². The molecule has 0 aliphatic carbocycles. The molecule has 112 valence electrons. The van der Waals surface area contributed by atoms with Crippen LogP contribution in [-0.2, 0) is 11.3 Å². The number of hydrogen-bond donors (Lipinski definition) is 1. The van der Waals surface area contributed by atoms with Gasteiger partial charge in [-0.05, 0) is 32.4 Å². The minimum atomic E-state index is -0.0347. The molecule has 6 heteroatoms. The van der Waals surface area contributed by atoms with Crippen LogP contribution in [0.2, 0.25) is 0 Å². The monoisotopic (exact) mass is 304 g/mol. The normalized spacial score (nSPS) is 10.6. The summed E-state index contributed by atoms with van der Waals surface area (Å²) in [6.45, 7) is 6.93. The van der Waals surface area contributed by atoms with Crippen LogP contribution in [0.25, 0.3) is 0 Å². The van der Waals surface area contributed by atoms with E-state index in [0.717, 1.165) is 29.6 Å². The molecule has 2 rings (SSSR count). The summed E-state index contributed by atoms with van der Waals surface area (Å²) in [5.74, 6) is 1.18. The molecule has 0 aliphatic rings. The van der Waals surface area contributed by atoms with Crippen molar-refractivity contribution in [2.75, 3.05) is 11.1 Å². The molecule has 0 bridgehead atoms. The number of amides is 1. The van der Waals surface area contributed by atoms with Crippen molar-refractivity contribution in [2.24, 2.45) is 0 Å². The maximum absolute atomic E-state index is 12.0. The fourth-order valence-corrected chi connectivity index (χ4v) is 2.72. The molecule has 2 aromatic rings. The van der Waals surface area contributed by atoms with Crippen molar-refractivity contribution >= 4 is 23.4 Å². The first-order chi connectivity index (χ1) is 10.1. The molecule has 1 aromatic heterocycles. The molecule has 0 unspecified atom stereocenters. The zero-order valence-electron chi connectivity index (χ0n) is 12.6. The Morgan fingerprint density at radius 3 is 2.62 bits per heavy atom. The molecule has 1 heterocycles. The third kappa shape index (κ3) is 4.32. The number of hydrogen-bond acceptors (Lipinski definition) is 4. The number of carbonyl (C=O) groups excluding carboxylic acids is 1. The summed E-state index contributed by atoms with van der Waals surface area (Å²) < 4.78 is 2.05. The van der Waals surface area contributed by atoms with Crippen LogP contribution >= 0.6 is 11.8 Å². The first kappa shape index (κ1) is 15.6. The van der Waals surface area contributed by atoms with Gasteiger partial charge in [-0.2, -0.15) is 0 Å². The van der Waals surface area contributed by atoms with Crippen molar-refractivity contribution < 1.29 is 4.79 Å². The minimum Gasteiger partial charge on any atom is -0.325 e. The molecular weight excluding hydrogens is 284 g/mol. The number of anilines is 1. The maximum Gasteiger partial charge on any atom is 0.234 e. The molecule has 0 saturated carbocycles. The summed E-state index contributed by atoms with van der Waals surface area (Å²) in [6, 6.07) is 7.76. The van der Waals surface area contributed by atoms with Crippen molar-refractivity contribution in [2.45, 2.75) is 38.9 Å². The van der Waals surface area contributed by atoms with E-state index in [4.69, 9.17) is 0 Å². The topological polar surface area (TPSA) is 59.8 Å². The number of thioether (sulfide) groups is 1. The smallest absolute Gasteiger partial charge is 0.234 e. The lowest BCUT2D eigenvalue weighted by atomic mass is 10.2. The van der Waals surface area contributed by atoms with Crippen LogP contribution in [0.4, 0.5) is 5.69 Å². The number of aromatic nitrogens is 3. The highest BCUT2D eigenvalue weighted by Gasteiger charge is 2.11. The second-order valence-electron chi connectivity index (χ2n) is 4.88. The molecule has 1 amide bonds. The highest BCUT2D eigenvalue weighted by molar-refractivity contribution is 7.99. The Morgan fingerprint density at radius 2 is 1.95 bits per heavy atom. The van der Waals surface area contributed by atoms with Crippen molar-refractivity contribution in [1.82, 2.24) is 14.8 Å². The Morgan fingerprint density at radius 1 is 1.24 bits per heavy atom. The molecule has 0 radical (unpaired) electrons. The summed E-state index contributed by atoms with van der Waals surface area (Å²) in [6.07, 6.45) is 1.02. The van der Waals surface area contributed by atoms with Crippen molar-refractivity contribution in [1.29, 1.82) is 0 Å². The van der Waals surface area contributed by atoms with E-state index < -0.39 is 0 Å². The first-order valence-electron chi connectivity index (χ1n) is 6.99. The quantitative estimate of drug-likeness (QED) is 0.833. The SMILES string of the molecule is CCCn1c(C)nnc1SCC(=O)Nc1ccc(C)cc1. The summed E-state index contributed by atoms with van der Waals surface area (Å²) >= 11 is 1.42. The summed E-state index contributed by atoms with van der Waals surface area (Å²) in [5.41, 5.74) is 1.99. The molecule has 0 saturated heterocycles. The summed E-state index contributed by atoms with van der Waals surface area (Å²) in [5, 5.41) is 11.9. The van der Waals surface area contributed by atoms with Crippen LogP contribution in [0.5, 0.6) is 0 Å². The Labute approximate surface area is 129 Å². The average Bonchev–Trinajstić information content (AvgIpc) is 2.81. The fraction of sp³-hybridized carbons (Fsp3) is 0.400. The van der Waals surface area contributed by atoms with E-state index in [1.165, 1.54) is 17.3 Å². The Balaban J connectivity index is 1.90. The van der Waals surface area contributed by atoms with Gasteiger partial charge in [0.1, 0.15) is 5.82 Å². The van der Waals surface area contributed by atoms with Crippen LogP contribution in [-0.4, -0.2) is 26.4 Å². The van der Waals surface area contributed by atoms with E-state index in [2.05, 4.69) is 22.4 Å². The number of carbonyl (C=O) groups is 1. The molecule has 1 N–H and O–H groups in total. The minimum absolute atomic E-state index is 0.0347. The Bertz CT molecular complexity index is 607. The number of nitrogens with zero attached hydrogens (tertiary/aromatic N) is 3. The van der Waals surface area contributed by atoms with Crippen LogP contribution in [0.15, 0.2) is 29.4 Å². The molecule has 5 nitrogen and oxygen atoms in total. The van der Waals surface area contributed by atoms with Gasteiger partial charge < -0.3 is 9.88 Å². The highest BCUT2D eigenvalue weighted by atomic mass is 32.2. The maximum atomic E-state index is 12.0. The lowest BCUT2D eigenvalue weighted by Gasteiger charge is -2.07. The number of nitrogens with one attached hydrogen (secondary N) is 1. The number of rotatable bonds is 6.